The number of hydrogen-bond donors (Lipinski definition) is 0. The average Bonchev–Trinajstić information content (AvgIpc) is 3.17. The Balaban J connectivity index is 1.55. The molecule has 4 rings (SSSR count). The highest BCUT2D eigenvalue weighted by atomic mass is 28.4. The Morgan fingerprint density at radius 2 is 1.75 bits per heavy atom. The number of hydrogen-bond acceptors (Lipinski definition) is 6. The Morgan fingerprint density at radius 3 is 2.44 bits per heavy atom. The van der Waals surface area contributed by atoms with Crippen molar-refractivity contribution < 1.29 is 23.1 Å². The van der Waals surface area contributed by atoms with Gasteiger partial charge >= 0.3 is 8.56 Å². The van der Waals surface area contributed by atoms with E-state index < -0.39 is 21.0 Å². The average molecular weight is 514 g/mol. The van der Waals surface area contributed by atoms with E-state index in [2.05, 4.69) is 81.9 Å². The zero-order valence-corrected chi connectivity index (χ0v) is 23.3. The van der Waals surface area contributed by atoms with Crippen molar-refractivity contribution in [2.45, 2.75) is 89.2 Å². The molecule has 0 N–H and O–H groups in total. The lowest BCUT2D eigenvalue weighted by Gasteiger charge is -2.53. The van der Waals surface area contributed by atoms with E-state index in [1.807, 2.05) is 12.1 Å². The summed E-state index contributed by atoms with van der Waals surface area (Å²) in [6, 6.07) is 14.7. The molecule has 2 aromatic carbocycles. The normalized spacial score (nSPS) is 25.9. The lowest BCUT2D eigenvalue weighted by Crippen LogP contribution is -2.65. The van der Waals surface area contributed by atoms with Crippen molar-refractivity contribution in [3.8, 4) is 0 Å². The summed E-state index contributed by atoms with van der Waals surface area (Å²) in [5.41, 5.74) is 9.62. The second-order valence-corrected chi connectivity index (χ2v) is 16.4. The molecule has 196 valence electrons. The minimum absolute atomic E-state index is 0.145. The lowest BCUT2D eigenvalue weighted by molar-refractivity contribution is -0.181. The zero-order chi connectivity index (χ0) is 26.0. The third-order valence-corrected chi connectivity index (χ3v) is 12.1. The van der Waals surface area contributed by atoms with Crippen LogP contribution in [0.3, 0.4) is 0 Å². The number of nitrogens with zero attached hydrogens (tertiary/aromatic N) is 3. The molecule has 0 aromatic heterocycles. The van der Waals surface area contributed by atoms with E-state index in [-0.39, 0.29) is 22.3 Å². The standard InChI is InChI=1S/C27H39N3O5Si/c1-26(2,3)36(27(4,5)6)33-18-22-23(35-36)24(25(34-22)31-15-9-14-29-30-28)32-17-19-12-13-20-10-7-8-11-21(20)16-19/h7-8,10-13,16,22-25H,9,14-15,17-18H2,1-6H3/t22-,23-,24+,25+/m0/s1. The van der Waals surface area contributed by atoms with Gasteiger partial charge in [-0.1, -0.05) is 83.1 Å². The summed E-state index contributed by atoms with van der Waals surface area (Å²) in [5, 5.41) is 5.68. The van der Waals surface area contributed by atoms with Crippen LogP contribution in [0.25, 0.3) is 21.2 Å². The van der Waals surface area contributed by atoms with Gasteiger partial charge < -0.3 is 23.1 Å². The molecular formula is C27H39N3O5Si. The molecule has 0 unspecified atom stereocenters. The number of fused-ring (bicyclic) bond motifs is 2. The van der Waals surface area contributed by atoms with Crippen LogP contribution in [0, 0.1) is 0 Å². The monoisotopic (exact) mass is 513 g/mol. The summed E-state index contributed by atoms with van der Waals surface area (Å²) in [5.74, 6) is 0. The summed E-state index contributed by atoms with van der Waals surface area (Å²) in [7, 11) is -2.71. The molecule has 2 aromatic rings. The number of azide groups is 1. The maximum absolute atomic E-state index is 8.53. The molecule has 2 aliphatic rings. The Morgan fingerprint density at radius 1 is 1.03 bits per heavy atom. The summed E-state index contributed by atoms with van der Waals surface area (Å²) >= 11 is 0. The van der Waals surface area contributed by atoms with Crippen LogP contribution in [0.4, 0.5) is 0 Å². The molecule has 2 aliphatic heterocycles. The molecule has 0 radical (unpaired) electrons. The van der Waals surface area contributed by atoms with Gasteiger partial charge in [0.2, 0.25) is 0 Å². The van der Waals surface area contributed by atoms with Gasteiger partial charge in [-0.2, -0.15) is 0 Å². The highest BCUT2D eigenvalue weighted by Gasteiger charge is 2.65. The first-order valence-electron chi connectivity index (χ1n) is 12.7. The van der Waals surface area contributed by atoms with Gasteiger partial charge in [-0.25, -0.2) is 0 Å². The number of benzene rings is 2. The SMILES string of the molecule is CC(C)(C)[Si]1(C(C)(C)C)OC[C@@H]2O[C@@H](OCCCN=[N+]=[N-])[C@H](OCc3ccc4ccccc4c3)[C@H]2O1. The number of rotatable bonds is 8. The van der Waals surface area contributed by atoms with Crippen molar-refractivity contribution in [2.75, 3.05) is 19.8 Å². The molecule has 9 heteroatoms. The Labute approximate surface area is 215 Å². The molecular weight excluding hydrogens is 474 g/mol. The highest BCUT2D eigenvalue weighted by molar-refractivity contribution is 6.73. The molecule has 0 saturated carbocycles. The number of ether oxygens (including phenoxy) is 3. The van der Waals surface area contributed by atoms with Gasteiger partial charge in [0.25, 0.3) is 0 Å². The summed E-state index contributed by atoms with van der Waals surface area (Å²) in [6.45, 7) is 14.9. The molecule has 36 heavy (non-hydrogen) atoms. The van der Waals surface area contributed by atoms with Gasteiger partial charge in [-0.15, -0.1) is 0 Å². The molecule has 0 spiro atoms. The van der Waals surface area contributed by atoms with Crippen LogP contribution in [0.1, 0.15) is 53.5 Å². The van der Waals surface area contributed by atoms with Gasteiger partial charge in [0.1, 0.15) is 18.3 Å². The Hall–Kier alpha value is -1.97. The topological polar surface area (TPSA) is 94.9 Å². The van der Waals surface area contributed by atoms with Crippen LogP contribution in [-0.4, -0.2) is 52.9 Å². The molecule has 0 aliphatic carbocycles. The summed E-state index contributed by atoms with van der Waals surface area (Å²) in [4.78, 5) is 2.81. The van der Waals surface area contributed by atoms with Crippen molar-refractivity contribution in [1.29, 1.82) is 0 Å². The molecule has 0 amide bonds. The highest BCUT2D eigenvalue weighted by Crippen LogP contribution is 2.55. The predicted molar refractivity (Wildman–Crippen MR) is 142 cm³/mol. The van der Waals surface area contributed by atoms with Crippen LogP contribution < -0.4 is 0 Å². The smallest absolute Gasteiger partial charge is 0.349 e. The lowest BCUT2D eigenvalue weighted by atomic mass is 10.1. The van der Waals surface area contributed by atoms with Crippen LogP contribution in [0.15, 0.2) is 47.6 Å². The van der Waals surface area contributed by atoms with Crippen molar-refractivity contribution >= 4 is 19.3 Å². The maximum Gasteiger partial charge on any atom is 0.349 e. The second-order valence-electron chi connectivity index (χ2n) is 11.7. The first-order chi connectivity index (χ1) is 17.1. The van der Waals surface area contributed by atoms with Crippen molar-refractivity contribution in [2.24, 2.45) is 5.11 Å². The maximum atomic E-state index is 8.53. The van der Waals surface area contributed by atoms with E-state index in [0.717, 1.165) is 5.56 Å². The first kappa shape index (κ1) is 27.1. The van der Waals surface area contributed by atoms with Crippen molar-refractivity contribution in [3.63, 3.8) is 0 Å². The largest absolute Gasteiger partial charge is 0.391 e. The summed E-state index contributed by atoms with van der Waals surface area (Å²) in [6.07, 6.45) is -0.928. The fourth-order valence-corrected chi connectivity index (χ4v) is 10.5. The van der Waals surface area contributed by atoms with Gasteiger partial charge in [0.15, 0.2) is 6.29 Å². The van der Waals surface area contributed by atoms with Crippen LogP contribution in [-0.2, 0) is 29.7 Å². The van der Waals surface area contributed by atoms with E-state index in [1.54, 1.807) is 0 Å². The molecule has 2 heterocycles. The minimum atomic E-state index is -2.71. The van der Waals surface area contributed by atoms with Crippen molar-refractivity contribution in [3.05, 3.63) is 58.5 Å². The van der Waals surface area contributed by atoms with Crippen LogP contribution >= 0.6 is 0 Å². The zero-order valence-electron chi connectivity index (χ0n) is 22.3. The van der Waals surface area contributed by atoms with Crippen molar-refractivity contribution in [1.82, 2.24) is 0 Å². The predicted octanol–water partition coefficient (Wildman–Crippen LogP) is 6.62. The molecule has 8 nitrogen and oxygen atoms in total. The van der Waals surface area contributed by atoms with Gasteiger partial charge in [0, 0.05) is 28.1 Å². The van der Waals surface area contributed by atoms with E-state index in [0.29, 0.717) is 32.8 Å². The first-order valence-corrected chi connectivity index (χ1v) is 14.6. The van der Waals surface area contributed by atoms with Gasteiger partial charge in [-0.3, -0.25) is 0 Å². The molecule has 4 atom stereocenters. The van der Waals surface area contributed by atoms with E-state index >= 15 is 0 Å². The Bertz CT molecular complexity index is 1080. The quantitative estimate of drug-likeness (QED) is 0.130. The fourth-order valence-electron chi connectivity index (χ4n) is 5.52. The molecule has 0 bridgehead atoms. The third kappa shape index (κ3) is 5.48. The minimum Gasteiger partial charge on any atom is -0.391 e. The summed E-state index contributed by atoms with van der Waals surface area (Å²) < 4.78 is 32.5. The fraction of sp³-hybridized carbons (Fsp3) is 0.630. The molecule has 2 fully saturated rings. The second kappa shape index (κ2) is 10.8. The third-order valence-electron chi connectivity index (χ3n) is 7.00. The van der Waals surface area contributed by atoms with E-state index in [1.165, 1.54) is 10.8 Å². The Kier molecular flexibility index (Phi) is 8.12. The van der Waals surface area contributed by atoms with Crippen LogP contribution in [0.5, 0.6) is 0 Å². The van der Waals surface area contributed by atoms with E-state index in [4.69, 9.17) is 28.6 Å². The van der Waals surface area contributed by atoms with Gasteiger partial charge in [0.05, 0.1) is 13.2 Å². The van der Waals surface area contributed by atoms with Crippen LogP contribution in [0.2, 0.25) is 10.1 Å². The van der Waals surface area contributed by atoms with Gasteiger partial charge in [-0.05, 0) is 34.4 Å². The molecule has 2 saturated heterocycles. The van der Waals surface area contributed by atoms with E-state index in [9.17, 15) is 0 Å².